The molecule has 0 aromatic carbocycles. The first-order valence-corrected chi connectivity index (χ1v) is 5.84. The third-order valence-electron chi connectivity index (χ3n) is 2.16. The van der Waals surface area contributed by atoms with E-state index in [1.807, 2.05) is 6.92 Å². The number of carbonyl (C=O) groups is 1. The number of hydrogen-bond donors (Lipinski definition) is 1. The monoisotopic (exact) mass is 217 g/mol. The summed E-state index contributed by atoms with van der Waals surface area (Å²) in [6.07, 6.45) is 1.02. The van der Waals surface area contributed by atoms with Crippen LogP contribution in [0.4, 0.5) is 0 Å². The molecule has 0 bridgehead atoms. The van der Waals surface area contributed by atoms with Gasteiger partial charge in [0.25, 0.3) is 0 Å². The fraction of sp³-hybridized carbons (Fsp3) is 0.917. The lowest BCUT2D eigenvalue weighted by Crippen LogP contribution is -2.36. The van der Waals surface area contributed by atoms with Gasteiger partial charge in [0.1, 0.15) is 0 Å². The number of carboxylic acid groups (broad SMARTS) is 1. The zero-order valence-corrected chi connectivity index (χ0v) is 11.1. The van der Waals surface area contributed by atoms with E-state index >= 15 is 0 Å². The third-order valence-corrected chi connectivity index (χ3v) is 2.16. The minimum atomic E-state index is -0.711. The van der Waals surface area contributed by atoms with E-state index < -0.39 is 5.97 Å². The standard InChI is InChI=1S/C8H19N.C4H8O2/c1-6-9(7(2)3)8(4)5;1-2-3-4(5)6/h7-8H,6H2,1-5H3;2-3H2,1H3,(H,5,6). The molecule has 3 nitrogen and oxygen atoms in total. The molecule has 0 aromatic heterocycles. The van der Waals surface area contributed by atoms with E-state index in [-0.39, 0.29) is 0 Å². The minimum Gasteiger partial charge on any atom is -0.481 e. The van der Waals surface area contributed by atoms with E-state index in [2.05, 4.69) is 39.5 Å². The van der Waals surface area contributed by atoms with E-state index in [1.54, 1.807) is 0 Å². The molecule has 0 heterocycles. The van der Waals surface area contributed by atoms with E-state index in [0.717, 1.165) is 13.0 Å². The van der Waals surface area contributed by atoms with Gasteiger partial charge in [-0.3, -0.25) is 9.69 Å². The Morgan fingerprint density at radius 2 is 1.53 bits per heavy atom. The second-order valence-corrected chi connectivity index (χ2v) is 4.16. The quantitative estimate of drug-likeness (QED) is 0.769. The van der Waals surface area contributed by atoms with Gasteiger partial charge in [-0.15, -0.1) is 0 Å². The van der Waals surface area contributed by atoms with Crippen LogP contribution in [0, 0.1) is 0 Å². The first-order chi connectivity index (χ1) is 6.86. The highest BCUT2D eigenvalue weighted by Gasteiger charge is 2.08. The van der Waals surface area contributed by atoms with Gasteiger partial charge in [0.15, 0.2) is 0 Å². The van der Waals surface area contributed by atoms with Crippen LogP contribution in [-0.4, -0.2) is 34.6 Å². The molecular formula is C12H27NO2. The van der Waals surface area contributed by atoms with Crippen molar-refractivity contribution in [1.29, 1.82) is 0 Å². The van der Waals surface area contributed by atoms with Crippen molar-refractivity contribution in [3.8, 4) is 0 Å². The average molecular weight is 217 g/mol. The summed E-state index contributed by atoms with van der Waals surface area (Å²) in [7, 11) is 0. The first kappa shape index (κ1) is 16.8. The second kappa shape index (κ2) is 9.97. The van der Waals surface area contributed by atoms with Gasteiger partial charge in [-0.05, 0) is 40.7 Å². The molecular weight excluding hydrogens is 190 g/mol. The van der Waals surface area contributed by atoms with E-state index in [4.69, 9.17) is 5.11 Å². The number of hydrogen-bond acceptors (Lipinski definition) is 2. The third kappa shape index (κ3) is 11.4. The van der Waals surface area contributed by atoms with Crippen molar-refractivity contribution in [3.05, 3.63) is 0 Å². The lowest BCUT2D eigenvalue weighted by Gasteiger charge is -2.28. The van der Waals surface area contributed by atoms with Crippen molar-refractivity contribution in [3.63, 3.8) is 0 Å². The predicted octanol–water partition coefficient (Wildman–Crippen LogP) is 3.00. The van der Waals surface area contributed by atoms with Crippen LogP contribution in [0.15, 0.2) is 0 Å². The summed E-state index contributed by atoms with van der Waals surface area (Å²) >= 11 is 0. The topological polar surface area (TPSA) is 40.5 Å². The SMILES string of the molecule is CCCC(=O)O.CCN(C(C)C)C(C)C. The Morgan fingerprint density at radius 1 is 1.13 bits per heavy atom. The van der Waals surface area contributed by atoms with Crippen LogP contribution in [0.2, 0.25) is 0 Å². The first-order valence-electron chi connectivity index (χ1n) is 5.84. The fourth-order valence-corrected chi connectivity index (χ4v) is 1.54. The van der Waals surface area contributed by atoms with Crippen LogP contribution in [-0.2, 0) is 4.79 Å². The molecule has 0 saturated carbocycles. The highest BCUT2D eigenvalue weighted by molar-refractivity contribution is 5.66. The highest BCUT2D eigenvalue weighted by atomic mass is 16.4. The van der Waals surface area contributed by atoms with Gasteiger partial charge in [-0.25, -0.2) is 0 Å². The van der Waals surface area contributed by atoms with Crippen LogP contribution >= 0.6 is 0 Å². The van der Waals surface area contributed by atoms with Crippen molar-refractivity contribution >= 4 is 5.97 Å². The van der Waals surface area contributed by atoms with Crippen LogP contribution in [0.3, 0.4) is 0 Å². The molecule has 0 spiro atoms. The van der Waals surface area contributed by atoms with Crippen molar-refractivity contribution < 1.29 is 9.90 Å². The van der Waals surface area contributed by atoms with Crippen LogP contribution in [0.25, 0.3) is 0 Å². The Kier molecular flexibility index (Phi) is 11.2. The van der Waals surface area contributed by atoms with Gasteiger partial charge < -0.3 is 5.11 Å². The molecule has 0 aliphatic carbocycles. The Morgan fingerprint density at radius 3 is 1.53 bits per heavy atom. The molecule has 15 heavy (non-hydrogen) atoms. The summed E-state index contributed by atoms with van der Waals surface area (Å²) in [5, 5.41) is 7.91. The lowest BCUT2D eigenvalue weighted by molar-refractivity contribution is -0.137. The molecule has 0 radical (unpaired) electrons. The van der Waals surface area contributed by atoms with Gasteiger partial charge in [0.2, 0.25) is 0 Å². The van der Waals surface area contributed by atoms with E-state index in [1.165, 1.54) is 0 Å². The molecule has 0 atom stereocenters. The molecule has 1 N–H and O–H groups in total. The van der Waals surface area contributed by atoms with Gasteiger partial charge in [-0.2, -0.15) is 0 Å². The van der Waals surface area contributed by atoms with Crippen molar-refractivity contribution in [2.75, 3.05) is 6.54 Å². The summed E-state index contributed by atoms with van der Waals surface area (Å²) in [4.78, 5) is 12.1. The largest absolute Gasteiger partial charge is 0.481 e. The summed E-state index contributed by atoms with van der Waals surface area (Å²) in [6.45, 7) is 14.2. The Balaban J connectivity index is 0. The van der Waals surface area contributed by atoms with Gasteiger partial charge in [0, 0.05) is 18.5 Å². The number of aliphatic carboxylic acids is 1. The average Bonchev–Trinajstić information content (AvgIpc) is 2.03. The van der Waals surface area contributed by atoms with Crippen LogP contribution in [0.5, 0.6) is 0 Å². The van der Waals surface area contributed by atoms with E-state index in [0.29, 0.717) is 18.5 Å². The lowest BCUT2D eigenvalue weighted by atomic mass is 10.2. The molecule has 0 aromatic rings. The highest BCUT2D eigenvalue weighted by Crippen LogP contribution is 2.02. The van der Waals surface area contributed by atoms with Crippen molar-refractivity contribution in [1.82, 2.24) is 4.90 Å². The summed E-state index contributed by atoms with van der Waals surface area (Å²) in [5.41, 5.74) is 0. The molecule has 0 aliphatic heterocycles. The maximum absolute atomic E-state index is 9.60. The molecule has 3 heteroatoms. The minimum absolute atomic E-state index is 0.292. The Bertz CT molecular complexity index is 148. The zero-order valence-electron chi connectivity index (χ0n) is 11.1. The molecule has 0 unspecified atom stereocenters. The fourth-order valence-electron chi connectivity index (χ4n) is 1.54. The summed E-state index contributed by atoms with van der Waals surface area (Å²) in [5.74, 6) is -0.711. The van der Waals surface area contributed by atoms with Gasteiger partial charge >= 0.3 is 5.97 Å². The second-order valence-electron chi connectivity index (χ2n) is 4.16. The molecule has 0 aliphatic rings. The molecule has 0 fully saturated rings. The van der Waals surface area contributed by atoms with Gasteiger partial charge in [-0.1, -0.05) is 13.8 Å². The Hall–Kier alpha value is -0.570. The molecule has 0 rings (SSSR count). The maximum Gasteiger partial charge on any atom is 0.303 e. The smallest absolute Gasteiger partial charge is 0.303 e. The maximum atomic E-state index is 9.60. The number of rotatable bonds is 5. The summed E-state index contributed by atoms with van der Waals surface area (Å²) in [6, 6.07) is 1.38. The van der Waals surface area contributed by atoms with Crippen LogP contribution in [0.1, 0.15) is 54.4 Å². The van der Waals surface area contributed by atoms with Gasteiger partial charge in [0.05, 0.1) is 0 Å². The van der Waals surface area contributed by atoms with Crippen molar-refractivity contribution in [2.45, 2.75) is 66.5 Å². The number of carboxylic acids is 1. The molecule has 0 saturated heterocycles. The predicted molar refractivity (Wildman–Crippen MR) is 65.2 cm³/mol. The normalized spacial score (nSPS) is 10.5. The van der Waals surface area contributed by atoms with Crippen molar-refractivity contribution in [2.24, 2.45) is 0 Å². The Labute approximate surface area is 94.5 Å². The summed E-state index contributed by atoms with van der Waals surface area (Å²) < 4.78 is 0. The number of nitrogens with zero attached hydrogens (tertiary/aromatic N) is 1. The molecule has 92 valence electrons. The van der Waals surface area contributed by atoms with E-state index in [9.17, 15) is 4.79 Å². The zero-order chi connectivity index (χ0) is 12.4. The van der Waals surface area contributed by atoms with Crippen LogP contribution < -0.4 is 0 Å². The molecule has 0 amide bonds.